The Morgan fingerprint density at radius 1 is 1.25 bits per heavy atom. The van der Waals surface area contributed by atoms with Crippen molar-refractivity contribution in [3.63, 3.8) is 0 Å². The van der Waals surface area contributed by atoms with Gasteiger partial charge in [-0.25, -0.2) is 4.39 Å². The van der Waals surface area contributed by atoms with E-state index in [9.17, 15) is 4.39 Å². The van der Waals surface area contributed by atoms with Crippen LogP contribution in [-0.4, -0.2) is 7.05 Å². The summed E-state index contributed by atoms with van der Waals surface area (Å²) >= 11 is 0. The number of hydrogen-bond donors (Lipinski definition) is 1. The molecule has 0 aliphatic rings. The van der Waals surface area contributed by atoms with Crippen molar-refractivity contribution in [3.05, 3.63) is 47.5 Å². The number of benzene rings is 1. The highest BCUT2D eigenvalue weighted by Gasteiger charge is 2.06. The molecule has 16 heavy (non-hydrogen) atoms. The summed E-state index contributed by atoms with van der Waals surface area (Å²) in [6, 6.07) is 8.80. The molecule has 2 nitrogen and oxygen atoms in total. The fraction of sp³-hybridized carbons (Fsp3) is 0.231. The molecule has 0 amide bonds. The number of aryl methyl sites for hydroxylation is 1. The van der Waals surface area contributed by atoms with Crippen molar-refractivity contribution in [1.82, 2.24) is 5.32 Å². The second-order valence-corrected chi connectivity index (χ2v) is 3.76. The number of nitrogens with one attached hydrogen (secondary N) is 1. The molecular formula is C13H14FNO. The molecule has 0 atom stereocenters. The predicted octanol–water partition coefficient (Wildman–Crippen LogP) is 3.11. The fourth-order valence-corrected chi connectivity index (χ4v) is 1.60. The molecule has 0 aliphatic heterocycles. The average molecular weight is 219 g/mol. The molecule has 3 heteroatoms. The van der Waals surface area contributed by atoms with Crippen LogP contribution in [0.3, 0.4) is 0 Å². The maximum atomic E-state index is 13.1. The van der Waals surface area contributed by atoms with Gasteiger partial charge in [-0.05, 0) is 49.9 Å². The van der Waals surface area contributed by atoms with Crippen LogP contribution in [0.5, 0.6) is 0 Å². The Balaban J connectivity index is 2.31. The highest BCUT2D eigenvalue weighted by molar-refractivity contribution is 5.58. The highest BCUT2D eigenvalue weighted by atomic mass is 19.1. The molecule has 0 saturated heterocycles. The molecule has 1 N–H and O–H groups in total. The lowest BCUT2D eigenvalue weighted by molar-refractivity contribution is 0.507. The van der Waals surface area contributed by atoms with Crippen LogP contribution in [0.4, 0.5) is 4.39 Å². The van der Waals surface area contributed by atoms with Gasteiger partial charge in [-0.2, -0.15) is 0 Å². The molecule has 0 aliphatic carbocycles. The normalized spacial score (nSPS) is 10.7. The van der Waals surface area contributed by atoms with Gasteiger partial charge in [0.1, 0.15) is 17.3 Å². The van der Waals surface area contributed by atoms with E-state index in [1.165, 1.54) is 6.07 Å². The van der Waals surface area contributed by atoms with E-state index in [0.717, 1.165) is 17.1 Å². The van der Waals surface area contributed by atoms with Crippen molar-refractivity contribution >= 4 is 0 Å². The summed E-state index contributed by atoms with van der Waals surface area (Å²) in [5.41, 5.74) is 1.53. The molecular weight excluding hydrogens is 205 g/mol. The smallest absolute Gasteiger partial charge is 0.134 e. The maximum absolute atomic E-state index is 13.1. The van der Waals surface area contributed by atoms with Gasteiger partial charge in [0.2, 0.25) is 0 Å². The Morgan fingerprint density at radius 2 is 2.06 bits per heavy atom. The largest absolute Gasteiger partial charge is 0.460 e. The Kier molecular flexibility index (Phi) is 3.06. The van der Waals surface area contributed by atoms with E-state index in [2.05, 4.69) is 5.32 Å². The first-order valence-corrected chi connectivity index (χ1v) is 5.20. The molecule has 1 aromatic heterocycles. The summed E-state index contributed by atoms with van der Waals surface area (Å²) in [6.45, 7) is 2.44. The van der Waals surface area contributed by atoms with E-state index in [1.54, 1.807) is 19.1 Å². The van der Waals surface area contributed by atoms with E-state index >= 15 is 0 Å². The van der Waals surface area contributed by atoms with E-state index in [1.807, 2.05) is 19.2 Å². The molecule has 0 spiro atoms. The van der Waals surface area contributed by atoms with Gasteiger partial charge in [-0.15, -0.1) is 0 Å². The van der Waals surface area contributed by atoms with Gasteiger partial charge in [0.25, 0.3) is 0 Å². The van der Waals surface area contributed by atoms with Crippen LogP contribution in [0.1, 0.15) is 11.3 Å². The zero-order chi connectivity index (χ0) is 11.5. The summed E-state index contributed by atoms with van der Waals surface area (Å²) < 4.78 is 18.7. The first-order valence-electron chi connectivity index (χ1n) is 5.20. The lowest BCUT2D eigenvalue weighted by Crippen LogP contribution is -2.03. The minimum Gasteiger partial charge on any atom is -0.460 e. The van der Waals surface area contributed by atoms with Gasteiger partial charge in [0.15, 0.2) is 0 Å². The van der Waals surface area contributed by atoms with Gasteiger partial charge in [0.05, 0.1) is 6.54 Å². The van der Waals surface area contributed by atoms with Crippen LogP contribution >= 0.6 is 0 Å². The van der Waals surface area contributed by atoms with Crippen molar-refractivity contribution in [2.24, 2.45) is 0 Å². The van der Waals surface area contributed by atoms with Crippen molar-refractivity contribution in [2.45, 2.75) is 13.5 Å². The predicted molar refractivity (Wildman–Crippen MR) is 61.6 cm³/mol. The molecule has 0 fully saturated rings. The topological polar surface area (TPSA) is 25.2 Å². The van der Waals surface area contributed by atoms with Gasteiger partial charge in [-0.1, -0.05) is 0 Å². The van der Waals surface area contributed by atoms with Crippen LogP contribution in [0.25, 0.3) is 11.3 Å². The molecule has 0 unspecified atom stereocenters. The maximum Gasteiger partial charge on any atom is 0.134 e. The standard InChI is InChI=1S/C13H14FNO/c1-9-7-10(3-5-12(9)14)13-6-4-11(16-13)8-15-2/h3-7,15H,8H2,1-2H3. The quantitative estimate of drug-likeness (QED) is 0.858. The fourth-order valence-electron chi connectivity index (χ4n) is 1.60. The van der Waals surface area contributed by atoms with Crippen LogP contribution in [-0.2, 0) is 6.54 Å². The van der Waals surface area contributed by atoms with Crippen LogP contribution in [0.15, 0.2) is 34.7 Å². The first kappa shape index (κ1) is 10.9. The summed E-state index contributed by atoms with van der Waals surface area (Å²) in [4.78, 5) is 0. The SMILES string of the molecule is CNCc1ccc(-c2ccc(F)c(C)c2)o1. The molecule has 1 aromatic carbocycles. The number of furan rings is 1. The lowest BCUT2D eigenvalue weighted by atomic mass is 10.1. The van der Waals surface area contributed by atoms with Crippen LogP contribution in [0, 0.1) is 12.7 Å². The minimum absolute atomic E-state index is 0.189. The van der Waals surface area contributed by atoms with Gasteiger partial charge in [-0.3, -0.25) is 0 Å². The van der Waals surface area contributed by atoms with E-state index in [0.29, 0.717) is 12.1 Å². The van der Waals surface area contributed by atoms with Crippen molar-refractivity contribution in [3.8, 4) is 11.3 Å². The molecule has 1 heterocycles. The third-order valence-electron chi connectivity index (χ3n) is 2.46. The Bertz CT molecular complexity index is 490. The van der Waals surface area contributed by atoms with Gasteiger partial charge in [0, 0.05) is 5.56 Å². The number of rotatable bonds is 3. The molecule has 0 radical (unpaired) electrons. The van der Waals surface area contributed by atoms with Crippen molar-refractivity contribution in [1.29, 1.82) is 0 Å². The van der Waals surface area contributed by atoms with Crippen LogP contribution in [0.2, 0.25) is 0 Å². The molecule has 2 aromatic rings. The third kappa shape index (κ3) is 2.14. The summed E-state index contributed by atoms with van der Waals surface area (Å²) in [7, 11) is 1.87. The summed E-state index contributed by atoms with van der Waals surface area (Å²) in [5, 5.41) is 3.02. The van der Waals surface area contributed by atoms with E-state index in [4.69, 9.17) is 4.42 Å². The third-order valence-corrected chi connectivity index (χ3v) is 2.46. The average Bonchev–Trinajstić information content (AvgIpc) is 2.71. The van der Waals surface area contributed by atoms with E-state index in [-0.39, 0.29) is 5.82 Å². The first-order chi connectivity index (χ1) is 7.70. The molecule has 0 saturated carbocycles. The minimum atomic E-state index is -0.189. The summed E-state index contributed by atoms with van der Waals surface area (Å²) in [6.07, 6.45) is 0. The van der Waals surface area contributed by atoms with Crippen molar-refractivity contribution < 1.29 is 8.81 Å². The Morgan fingerprint density at radius 3 is 2.75 bits per heavy atom. The van der Waals surface area contributed by atoms with Crippen molar-refractivity contribution in [2.75, 3.05) is 7.05 Å². The lowest BCUT2D eigenvalue weighted by Gasteiger charge is -2.00. The molecule has 0 bridgehead atoms. The highest BCUT2D eigenvalue weighted by Crippen LogP contribution is 2.24. The van der Waals surface area contributed by atoms with Crippen LogP contribution < -0.4 is 5.32 Å². The Hall–Kier alpha value is -1.61. The van der Waals surface area contributed by atoms with Gasteiger partial charge >= 0.3 is 0 Å². The zero-order valence-corrected chi connectivity index (χ0v) is 9.38. The summed E-state index contributed by atoms with van der Waals surface area (Å²) in [5.74, 6) is 1.46. The zero-order valence-electron chi connectivity index (χ0n) is 9.38. The number of hydrogen-bond acceptors (Lipinski definition) is 2. The van der Waals surface area contributed by atoms with Gasteiger partial charge < -0.3 is 9.73 Å². The molecule has 84 valence electrons. The molecule has 2 rings (SSSR count). The second kappa shape index (κ2) is 4.49. The second-order valence-electron chi connectivity index (χ2n) is 3.76. The Labute approximate surface area is 94.1 Å². The van der Waals surface area contributed by atoms with E-state index < -0.39 is 0 Å². The monoisotopic (exact) mass is 219 g/mol. The number of halogens is 1.